The smallest absolute Gasteiger partial charge is 0.191 e. The minimum absolute atomic E-state index is 0. The zero-order valence-electron chi connectivity index (χ0n) is 14.6. The van der Waals surface area contributed by atoms with E-state index in [0.29, 0.717) is 6.54 Å². The first kappa shape index (κ1) is 21.0. The van der Waals surface area contributed by atoms with Gasteiger partial charge in [-0.05, 0) is 38.5 Å². The molecule has 0 saturated heterocycles. The molecule has 0 amide bonds. The van der Waals surface area contributed by atoms with Gasteiger partial charge in [-0.25, -0.2) is 4.99 Å². The molecule has 0 aliphatic rings. The van der Waals surface area contributed by atoms with E-state index in [2.05, 4.69) is 62.6 Å². The number of aliphatic imine (C=N–C) groups is 1. The first-order chi connectivity index (χ1) is 11.0. The maximum atomic E-state index is 4.65. The molecule has 0 unspecified atom stereocenters. The summed E-state index contributed by atoms with van der Waals surface area (Å²) in [5, 5.41) is 11.1. The third-order valence-electron chi connectivity index (χ3n) is 3.77. The number of rotatable bonds is 5. The van der Waals surface area contributed by atoms with Gasteiger partial charge in [0.2, 0.25) is 0 Å². The highest BCUT2D eigenvalue weighted by atomic mass is 127. The molecule has 0 saturated carbocycles. The van der Waals surface area contributed by atoms with Crippen LogP contribution in [0.2, 0.25) is 0 Å². The minimum atomic E-state index is 0. The second-order valence-electron chi connectivity index (χ2n) is 5.45. The van der Waals surface area contributed by atoms with Gasteiger partial charge in [0.1, 0.15) is 0 Å². The summed E-state index contributed by atoms with van der Waals surface area (Å²) in [5.74, 6) is 0.818. The quantitative estimate of drug-likeness (QED) is 0.370. The van der Waals surface area contributed by atoms with Crippen molar-refractivity contribution in [3.63, 3.8) is 0 Å². The SMILES string of the molecule is CCNC(=NCc1ccc(Br)cc1)NCc1c(C)nn(C)c1C.I. The Morgan fingerprint density at radius 3 is 2.42 bits per heavy atom. The predicted octanol–water partition coefficient (Wildman–Crippen LogP) is 3.67. The van der Waals surface area contributed by atoms with Gasteiger partial charge in [-0.2, -0.15) is 5.10 Å². The van der Waals surface area contributed by atoms with Crippen molar-refractivity contribution in [2.75, 3.05) is 6.54 Å². The lowest BCUT2D eigenvalue weighted by atomic mass is 10.2. The van der Waals surface area contributed by atoms with Gasteiger partial charge in [0, 0.05) is 35.9 Å². The number of benzene rings is 1. The van der Waals surface area contributed by atoms with Crippen molar-refractivity contribution in [1.29, 1.82) is 0 Å². The van der Waals surface area contributed by atoms with Crippen LogP contribution in [-0.4, -0.2) is 22.3 Å². The summed E-state index contributed by atoms with van der Waals surface area (Å²) in [6, 6.07) is 8.22. The number of nitrogens with zero attached hydrogens (tertiary/aromatic N) is 3. The van der Waals surface area contributed by atoms with Crippen molar-refractivity contribution in [2.45, 2.75) is 33.9 Å². The fourth-order valence-electron chi connectivity index (χ4n) is 2.35. The van der Waals surface area contributed by atoms with Gasteiger partial charge in [-0.3, -0.25) is 4.68 Å². The summed E-state index contributed by atoms with van der Waals surface area (Å²) >= 11 is 3.45. The van der Waals surface area contributed by atoms with Crippen molar-refractivity contribution in [3.8, 4) is 0 Å². The van der Waals surface area contributed by atoms with Crippen LogP contribution in [0, 0.1) is 13.8 Å². The fourth-order valence-corrected chi connectivity index (χ4v) is 2.61. The molecule has 2 aromatic rings. The van der Waals surface area contributed by atoms with Gasteiger partial charge in [0.15, 0.2) is 5.96 Å². The molecule has 2 N–H and O–H groups in total. The van der Waals surface area contributed by atoms with Crippen molar-refractivity contribution in [1.82, 2.24) is 20.4 Å². The van der Waals surface area contributed by atoms with Crippen LogP contribution >= 0.6 is 39.9 Å². The van der Waals surface area contributed by atoms with E-state index < -0.39 is 0 Å². The highest BCUT2D eigenvalue weighted by Gasteiger charge is 2.09. The van der Waals surface area contributed by atoms with Crippen molar-refractivity contribution < 1.29 is 0 Å². The van der Waals surface area contributed by atoms with E-state index in [1.807, 2.05) is 30.8 Å². The average Bonchev–Trinajstić information content (AvgIpc) is 2.77. The number of nitrogens with one attached hydrogen (secondary N) is 2. The highest BCUT2D eigenvalue weighted by molar-refractivity contribution is 14.0. The Labute approximate surface area is 169 Å². The molecular formula is C17H25BrIN5. The first-order valence-electron chi connectivity index (χ1n) is 7.77. The lowest BCUT2D eigenvalue weighted by Crippen LogP contribution is -2.37. The van der Waals surface area contributed by atoms with E-state index in [1.54, 1.807) is 0 Å². The molecule has 0 atom stereocenters. The zero-order valence-corrected chi connectivity index (χ0v) is 18.5. The number of hydrogen-bond acceptors (Lipinski definition) is 2. The maximum absolute atomic E-state index is 4.65. The lowest BCUT2D eigenvalue weighted by molar-refractivity contribution is 0.728. The Bertz CT molecular complexity index is 679. The van der Waals surface area contributed by atoms with Crippen LogP contribution in [0.3, 0.4) is 0 Å². The van der Waals surface area contributed by atoms with Crippen LogP contribution in [0.15, 0.2) is 33.7 Å². The molecule has 1 aromatic carbocycles. The Balaban J connectivity index is 0.00000288. The Kier molecular flexibility index (Phi) is 8.75. The van der Waals surface area contributed by atoms with Crippen LogP contribution in [0.1, 0.15) is 29.4 Å². The molecule has 132 valence electrons. The molecular weight excluding hydrogens is 481 g/mol. The second kappa shape index (κ2) is 10.0. The molecule has 0 aliphatic carbocycles. The largest absolute Gasteiger partial charge is 0.357 e. The van der Waals surface area contributed by atoms with Crippen molar-refractivity contribution in [2.24, 2.45) is 12.0 Å². The first-order valence-corrected chi connectivity index (χ1v) is 8.56. The fraction of sp³-hybridized carbons (Fsp3) is 0.412. The van der Waals surface area contributed by atoms with Gasteiger partial charge in [0.25, 0.3) is 0 Å². The molecule has 1 aromatic heterocycles. The van der Waals surface area contributed by atoms with Gasteiger partial charge >= 0.3 is 0 Å². The number of hydrogen-bond donors (Lipinski definition) is 2. The summed E-state index contributed by atoms with van der Waals surface area (Å²) in [5.41, 5.74) is 4.64. The molecule has 0 spiro atoms. The summed E-state index contributed by atoms with van der Waals surface area (Å²) < 4.78 is 3.00. The highest BCUT2D eigenvalue weighted by Crippen LogP contribution is 2.12. The molecule has 5 nitrogen and oxygen atoms in total. The predicted molar refractivity (Wildman–Crippen MR) is 114 cm³/mol. The molecule has 7 heteroatoms. The summed E-state index contributed by atoms with van der Waals surface area (Å²) in [4.78, 5) is 4.65. The molecule has 2 rings (SSSR count). The van der Waals surface area contributed by atoms with E-state index in [0.717, 1.165) is 29.2 Å². The van der Waals surface area contributed by atoms with Gasteiger partial charge in [-0.1, -0.05) is 28.1 Å². The van der Waals surface area contributed by atoms with Gasteiger partial charge in [-0.15, -0.1) is 24.0 Å². The number of guanidine groups is 1. The number of halogens is 2. The standard InChI is InChI=1S/C17H24BrN5.HI/c1-5-19-17(20-10-14-6-8-15(18)9-7-14)21-11-16-12(2)22-23(4)13(16)3;/h6-9H,5,10-11H2,1-4H3,(H2,19,20,21);1H. The topological polar surface area (TPSA) is 54.2 Å². The monoisotopic (exact) mass is 505 g/mol. The van der Waals surface area contributed by atoms with Crippen LogP contribution in [0.4, 0.5) is 0 Å². The third kappa shape index (κ3) is 5.77. The normalized spacial score (nSPS) is 11.1. The average molecular weight is 506 g/mol. The third-order valence-corrected chi connectivity index (χ3v) is 4.30. The summed E-state index contributed by atoms with van der Waals surface area (Å²) in [6.07, 6.45) is 0. The molecule has 24 heavy (non-hydrogen) atoms. The molecule has 0 aliphatic heterocycles. The van der Waals surface area contributed by atoms with Crippen molar-refractivity contribution in [3.05, 3.63) is 51.3 Å². The summed E-state index contributed by atoms with van der Waals surface area (Å²) in [6.45, 7) is 8.39. The number of aryl methyl sites for hydroxylation is 2. The summed E-state index contributed by atoms with van der Waals surface area (Å²) in [7, 11) is 1.97. The van der Waals surface area contributed by atoms with Gasteiger partial charge < -0.3 is 10.6 Å². The van der Waals surface area contributed by atoms with Crippen LogP contribution in [-0.2, 0) is 20.1 Å². The molecule has 1 heterocycles. The Morgan fingerprint density at radius 1 is 1.21 bits per heavy atom. The van der Waals surface area contributed by atoms with E-state index in [4.69, 9.17) is 0 Å². The maximum Gasteiger partial charge on any atom is 0.191 e. The second-order valence-corrected chi connectivity index (χ2v) is 6.36. The van der Waals surface area contributed by atoms with E-state index >= 15 is 0 Å². The molecule has 0 radical (unpaired) electrons. The van der Waals surface area contributed by atoms with E-state index in [1.165, 1.54) is 16.8 Å². The Morgan fingerprint density at radius 2 is 1.88 bits per heavy atom. The molecule has 0 bridgehead atoms. The zero-order chi connectivity index (χ0) is 16.8. The minimum Gasteiger partial charge on any atom is -0.357 e. The lowest BCUT2D eigenvalue weighted by Gasteiger charge is -2.11. The van der Waals surface area contributed by atoms with Crippen LogP contribution < -0.4 is 10.6 Å². The van der Waals surface area contributed by atoms with Crippen molar-refractivity contribution >= 4 is 45.9 Å². The van der Waals surface area contributed by atoms with E-state index in [9.17, 15) is 0 Å². The van der Waals surface area contributed by atoms with Crippen LogP contribution in [0.25, 0.3) is 0 Å². The number of aromatic nitrogens is 2. The van der Waals surface area contributed by atoms with E-state index in [-0.39, 0.29) is 24.0 Å². The molecule has 0 fully saturated rings. The van der Waals surface area contributed by atoms with Crippen LogP contribution in [0.5, 0.6) is 0 Å². The Hall–Kier alpha value is -1.09. The van der Waals surface area contributed by atoms with Gasteiger partial charge in [0.05, 0.1) is 12.2 Å².